The van der Waals surface area contributed by atoms with Crippen LogP contribution in [0.1, 0.15) is 24.5 Å². The minimum atomic E-state index is 0.320. The SMILES string of the molecule is CCOCCC1(c2ccccc2C)CNC1. The molecule has 0 bridgehead atoms. The van der Waals surface area contributed by atoms with Crippen molar-refractivity contribution in [3.05, 3.63) is 35.4 Å². The minimum absolute atomic E-state index is 0.320. The molecule has 1 fully saturated rings. The van der Waals surface area contributed by atoms with Crippen LogP contribution in [0.3, 0.4) is 0 Å². The third kappa shape index (κ3) is 2.13. The lowest BCUT2D eigenvalue weighted by molar-refractivity contribution is 0.108. The zero-order valence-corrected chi connectivity index (χ0v) is 10.3. The summed E-state index contributed by atoms with van der Waals surface area (Å²) in [6.07, 6.45) is 1.12. The predicted octanol–water partition coefficient (Wildman–Crippen LogP) is 2.26. The third-order valence-electron chi connectivity index (χ3n) is 3.57. The van der Waals surface area contributed by atoms with Crippen LogP contribution in [0.15, 0.2) is 24.3 Å². The first-order chi connectivity index (χ1) is 7.78. The second kappa shape index (κ2) is 4.98. The predicted molar refractivity (Wildman–Crippen MR) is 66.8 cm³/mol. The Morgan fingerprint density at radius 3 is 2.62 bits per heavy atom. The van der Waals surface area contributed by atoms with Crippen molar-refractivity contribution in [1.29, 1.82) is 0 Å². The lowest BCUT2D eigenvalue weighted by Crippen LogP contribution is -2.57. The van der Waals surface area contributed by atoms with Crippen molar-refractivity contribution >= 4 is 0 Å². The quantitative estimate of drug-likeness (QED) is 0.767. The smallest absolute Gasteiger partial charge is 0.0475 e. The number of hydrogen-bond acceptors (Lipinski definition) is 2. The van der Waals surface area contributed by atoms with E-state index in [4.69, 9.17) is 4.74 Å². The molecule has 16 heavy (non-hydrogen) atoms. The Bertz CT molecular complexity index is 344. The van der Waals surface area contributed by atoms with Gasteiger partial charge in [-0.25, -0.2) is 0 Å². The van der Waals surface area contributed by atoms with E-state index in [1.54, 1.807) is 0 Å². The highest BCUT2D eigenvalue weighted by molar-refractivity contribution is 5.36. The van der Waals surface area contributed by atoms with Gasteiger partial charge >= 0.3 is 0 Å². The van der Waals surface area contributed by atoms with Crippen LogP contribution in [-0.4, -0.2) is 26.3 Å². The van der Waals surface area contributed by atoms with E-state index in [1.165, 1.54) is 11.1 Å². The molecule has 1 N–H and O–H groups in total. The molecule has 1 aromatic rings. The van der Waals surface area contributed by atoms with Gasteiger partial charge in [0.25, 0.3) is 0 Å². The molecule has 0 aliphatic carbocycles. The molecule has 1 aliphatic heterocycles. The normalized spacial score (nSPS) is 18.1. The van der Waals surface area contributed by atoms with Crippen LogP contribution < -0.4 is 5.32 Å². The molecule has 2 nitrogen and oxygen atoms in total. The first-order valence-electron chi connectivity index (χ1n) is 6.13. The highest BCUT2D eigenvalue weighted by Crippen LogP contribution is 2.34. The van der Waals surface area contributed by atoms with E-state index < -0.39 is 0 Å². The highest BCUT2D eigenvalue weighted by atomic mass is 16.5. The molecule has 0 radical (unpaired) electrons. The Hall–Kier alpha value is -0.860. The first kappa shape index (κ1) is 11.6. The Labute approximate surface area is 98.0 Å². The van der Waals surface area contributed by atoms with E-state index in [1.807, 2.05) is 0 Å². The van der Waals surface area contributed by atoms with Crippen LogP contribution in [0.4, 0.5) is 0 Å². The zero-order valence-electron chi connectivity index (χ0n) is 10.3. The van der Waals surface area contributed by atoms with Gasteiger partial charge in [-0.2, -0.15) is 0 Å². The van der Waals surface area contributed by atoms with Crippen molar-refractivity contribution in [1.82, 2.24) is 5.32 Å². The Morgan fingerprint density at radius 2 is 2.06 bits per heavy atom. The van der Waals surface area contributed by atoms with E-state index in [0.717, 1.165) is 32.7 Å². The molecule has 2 heteroatoms. The Balaban J connectivity index is 2.12. The average Bonchev–Trinajstić information content (AvgIpc) is 2.24. The van der Waals surface area contributed by atoms with Crippen molar-refractivity contribution < 1.29 is 4.74 Å². The molecule has 1 aliphatic rings. The molecule has 1 aromatic carbocycles. The first-order valence-corrected chi connectivity index (χ1v) is 6.13. The van der Waals surface area contributed by atoms with Gasteiger partial charge < -0.3 is 10.1 Å². The fourth-order valence-electron chi connectivity index (χ4n) is 2.51. The number of rotatable bonds is 5. The van der Waals surface area contributed by atoms with Crippen molar-refractivity contribution in [3.63, 3.8) is 0 Å². The molecule has 1 saturated heterocycles. The van der Waals surface area contributed by atoms with E-state index in [0.29, 0.717) is 5.41 Å². The number of nitrogens with one attached hydrogen (secondary N) is 1. The largest absolute Gasteiger partial charge is 0.382 e. The van der Waals surface area contributed by atoms with Crippen LogP contribution in [0.5, 0.6) is 0 Å². The summed E-state index contributed by atoms with van der Waals surface area (Å²) in [5.41, 5.74) is 3.22. The standard InChI is InChI=1S/C14H21NO/c1-3-16-9-8-14(10-15-11-14)13-7-5-4-6-12(13)2/h4-7,15H,3,8-11H2,1-2H3. The van der Waals surface area contributed by atoms with Crippen molar-refractivity contribution in [2.24, 2.45) is 0 Å². The maximum atomic E-state index is 5.50. The molecule has 2 rings (SSSR count). The van der Waals surface area contributed by atoms with E-state index in [9.17, 15) is 0 Å². The number of benzene rings is 1. The second-order valence-electron chi connectivity index (χ2n) is 4.65. The topological polar surface area (TPSA) is 21.3 Å². The van der Waals surface area contributed by atoms with Crippen molar-refractivity contribution in [2.75, 3.05) is 26.3 Å². The molecule has 1 heterocycles. The maximum absolute atomic E-state index is 5.50. The summed E-state index contributed by atoms with van der Waals surface area (Å²) in [5.74, 6) is 0. The van der Waals surface area contributed by atoms with Gasteiger partial charge in [0.1, 0.15) is 0 Å². The maximum Gasteiger partial charge on any atom is 0.0475 e. The lowest BCUT2D eigenvalue weighted by Gasteiger charge is -2.44. The summed E-state index contributed by atoms with van der Waals surface area (Å²) in [7, 11) is 0. The molecule has 0 atom stereocenters. The van der Waals surface area contributed by atoms with Gasteiger partial charge in [0.05, 0.1) is 0 Å². The minimum Gasteiger partial charge on any atom is -0.382 e. The van der Waals surface area contributed by atoms with Gasteiger partial charge in [-0.3, -0.25) is 0 Å². The number of hydrogen-bond donors (Lipinski definition) is 1. The van der Waals surface area contributed by atoms with Gasteiger partial charge in [-0.1, -0.05) is 24.3 Å². The van der Waals surface area contributed by atoms with Gasteiger partial charge in [0, 0.05) is 31.7 Å². The molecule has 88 valence electrons. The second-order valence-corrected chi connectivity index (χ2v) is 4.65. The summed E-state index contributed by atoms with van der Waals surface area (Å²) < 4.78 is 5.50. The molecular weight excluding hydrogens is 198 g/mol. The van der Waals surface area contributed by atoms with Crippen LogP contribution in [0.25, 0.3) is 0 Å². The Kier molecular flexibility index (Phi) is 3.62. The van der Waals surface area contributed by atoms with Crippen LogP contribution >= 0.6 is 0 Å². The fraction of sp³-hybridized carbons (Fsp3) is 0.571. The summed E-state index contributed by atoms with van der Waals surface area (Å²) in [5, 5.41) is 3.40. The monoisotopic (exact) mass is 219 g/mol. The Morgan fingerprint density at radius 1 is 1.31 bits per heavy atom. The zero-order chi connectivity index (χ0) is 11.4. The van der Waals surface area contributed by atoms with Gasteiger partial charge in [0.2, 0.25) is 0 Å². The lowest BCUT2D eigenvalue weighted by atomic mass is 9.71. The average molecular weight is 219 g/mol. The van der Waals surface area contributed by atoms with Crippen molar-refractivity contribution in [3.8, 4) is 0 Å². The van der Waals surface area contributed by atoms with Gasteiger partial charge in [-0.15, -0.1) is 0 Å². The summed E-state index contributed by atoms with van der Waals surface area (Å²) >= 11 is 0. The molecular formula is C14H21NO. The van der Waals surface area contributed by atoms with E-state index in [2.05, 4.69) is 43.4 Å². The fourth-order valence-corrected chi connectivity index (χ4v) is 2.51. The number of ether oxygens (including phenoxy) is 1. The highest BCUT2D eigenvalue weighted by Gasteiger charge is 2.38. The van der Waals surface area contributed by atoms with Crippen molar-refractivity contribution in [2.45, 2.75) is 25.7 Å². The number of aryl methyl sites for hydroxylation is 1. The summed E-state index contributed by atoms with van der Waals surface area (Å²) in [6.45, 7) is 8.12. The van der Waals surface area contributed by atoms with Gasteiger partial charge in [0.15, 0.2) is 0 Å². The van der Waals surface area contributed by atoms with Crippen LogP contribution in [0.2, 0.25) is 0 Å². The van der Waals surface area contributed by atoms with Gasteiger partial charge in [-0.05, 0) is 31.4 Å². The van der Waals surface area contributed by atoms with Crippen LogP contribution in [-0.2, 0) is 10.2 Å². The van der Waals surface area contributed by atoms with E-state index >= 15 is 0 Å². The van der Waals surface area contributed by atoms with E-state index in [-0.39, 0.29) is 0 Å². The molecule has 0 saturated carbocycles. The molecule has 0 amide bonds. The third-order valence-corrected chi connectivity index (χ3v) is 3.57. The van der Waals surface area contributed by atoms with Crippen LogP contribution in [0, 0.1) is 6.92 Å². The molecule has 0 aromatic heterocycles. The summed E-state index contributed by atoms with van der Waals surface area (Å²) in [4.78, 5) is 0. The summed E-state index contributed by atoms with van der Waals surface area (Å²) in [6, 6.07) is 8.72. The molecule has 0 spiro atoms. The molecule has 0 unspecified atom stereocenters.